The molecule has 2 unspecified atom stereocenters. The smallest absolute Gasteiger partial charge is 0.441 e. The van der Waals surface area contributed by atoms with Gasteiger partial charge in [0.25, 0.3) is 0 Å². The summed E-state index contributed by atoms with van der Waals surface area (Å²) in [7, 11) is 0. The first-order valence-electron chi connectivity index (χ1n) is 6.75. The molecule has 21 heavy (non-hydrogen) atoms. The van der Waals surface area contributed by atoms with Crippen LogP contribution in [0.4, 0.5) is 18.0 Å². The molecule has 122 valence electrons. The first-order valence-corrected chi connectivity index (χ1v) is 7.73. The lowest BCUT2D eigenvalue weighted by Gasteiger charge is -2.28. The van der Waals surface area contributed by atoms with E-state index in [1.54, 1.807) is 0 Å². The normalized spacial score (nSPS) is 22.6. The molecule has 1 aliphatic carbocycles. The Morgan fingerprint density at radius 3 is 2.48 bits per heavy atom. The summed E-state index contributed by atoms with van der Waals surface area (Å²) < 4.78 is 35.6. The molecule has 1 saturated carbocycles. The number of carbonyl (C=O) groups is 2. The number of rotatable bonds is 6. The Kier molecular flexibility index (Phi) is 7.13. The number of hydrogen-bond donors (Lipinski definition) is 3. The van der Waals surface area contributed by atoms with Crippen molar-refractivity contribution in [2.75, 3.05) is 18.8 Å². The van der Waals surface area contributed by atoms with Gasteiger partial charge in [0.05, 0.1) is 5.92 Å². The van der Waals surface area contributed by atoms with Crippen molar-refractivity contribution in [2.24, 2.45) is 11.8 Å². The lowest BCUT2D eigenvalue weighted by Crippen LogP contribution is -2.42. The van der Waals surface area contributed by atoms with Crippen molar-refractivity contribution in [3.8, 4) is 0 Å². The highest BCUT2D eigenvalue weighted by Gasteiger charge is 2.31. The first-order chi connectivity index (χ1) is 9.79. The van der Waals surface area contributed by atoms with Crippen LogP contribution in [0.25, 0.3) is 0 Å². The molecular weight excluding hydrogens is 309 g/mol. The van der Waals surface area contributed by atoms with Crippen molar-refractivity contribution in [2.45, 2.75) is 31.2 Å². The van der Waals surface area contributed by atoms with Crippen LogP contribution < -0.4 is 10.6 Å². The highest BCUT2D eigenvalue weighted by Crippen LogP contribution is 2.30. The zero-order valence-electron chi connectivity index (χ0n) is 11.4. The number of carboxylic acids is 1. The van der Waals surface area contributed by atoms with Crippen LogP contribution in [0, 0.1) is 11.8 Å². The average Bonchev–Trinajstić information content (AvgIpc) is 2.40. The molecule has 1 fully saturated rings. The van der Waals surface area contributed by atoms with Gasteiger partial charge in [-0.3, -0.25) is 4.79 Å². The zero-order valence-corrected chi connectivity index (χ0v) is 12.2. The van der Waals surface area contributed by atoms with E-state index in [4.69, 9.17) is 5.11 Å². The number of nitrogens with one attached hydrogen (secondary N) is 2. The molecule has 2 atom stereocenters. The van der Waals surface area contributed by atoms with Crippen LogP contribution in [0.15, 0.2) is 0 Å². The third-order valence-electron chi connectivity index (χ3n) is 3.40. The third kappa shape index (κ3) is 7.45. The Morgan fingerprint density at radius 2 is 1.86 bits per heavy atom. The number of aliphatic carboxylic acids is 1. The second-order valence-corrected chi connectivity index (χ2v) is 6.08. The second-order valence-electron chi connectivity index (χ2n) is 4.92. The van der Waals surface area contributed by atoms with E-state index in [9.17, 15) is 22.8 Å². The van der Waals surface area contributed by atoms with Crippen LogP contribution in [-0.4, -0.2) is 41.5 Å². The molecule has 1 aliphatic rings. The van der Waals surface area contributed by atoms with Gasteiger partial charge in [-0.25, -0.2) is 4.79 Å². The summed E-state index contributed by atoms with van der Waals surface area (Å²) in [5.41, 5.74) is -4.30. The summed E-state index contributed by atoms with van der Waals surface area (Å²) in [6.45, 7) is 0.137. The SMILES string of the molecule is O=C(NCCSC(F)(F)F)NCC1CCCCC1C(=O)O. The predicted molar refractivity (Wildman–Crippen MR) is 73.0 cm³/mol. The summed E-state index contributed by atoms with van der Waals surface area (Å²) in [4.78, 5) is 22.5. The fraction of sp³-hybridized carbons (Fsp3) is 0.833. The van der Waals surface area contributed by atoms with Gasteiger partial charge in [-0.05, 0) is 30.5 Å². The van der Waals surface area contributed by atoms with Crippen LogP contribution in [0.2, 0.25) is 0 Å². The van der Waals surface area contributed by atoms with E-state index in [1.807, 2.05) is 0 Å². The second kappa shape index (κ2) is 8.35. The van der Waals surface area contributed by atoms with Crippen LogP contribution >= 0.6 is 11.8 Å². The summed E-state index contributed by atoms with van der Waals surface area (Å²) >= 11 is -0.194. The van der Waals surface area contributed by atoms with E-state index in [1.165, 1.54) is 0 Å². The lowest BCUT2D eigenvalue weighted by molar-refractivity contribution is -0.144. The molecule has 2 amide bonds. The zero-order chi connectivity index (χ0) is 15.9. The molecule has 9 heteroatoms. The van der Waals surface area contributed by atoms with E-state index in [0.717, 1.165) is 19.3 Å². The Balaban J connectivity index is 2.21. The highest BCUT2D eigenvalue weighted by atomic mass is 32.2. The summed E-state index contributed by atoms with van der Waals surface area (Å²) in [5.74, 6) is -1.69. The minimum absolute atomic E-state index is 0.0942. The van der Waals surface area contributed by atoms with Crippen molar-refractivity contribution in [3.05, 3.63) is 0 Å². The fourth-order valence-corrected chi connectivity index (χ4v) is 2.83. The van der Waals surface area contributed by atoms with Gasteiger partial charge in [-0.1, -0.05) is 12.8 Å². The number of thioether (sulfide) groups is 1. The van der Waals surface area contributed by atoms with Gasteiger partial charge in [-0.15, -0.1) is 0 Å². The Hall–Kier alpha value is -1.12. The molecule has 3 N–H and O–H groups in total. The number of hydrogen-bond acceptors (Lipinski definition) is 3. The molecule has 0 radical (unpaired) electrons. The van der Waals surface area contributed by atoms with E-state index >= 15 is 0 Å². The first kappa shape index (κ1) is 17.9. The van der Waals surface area contributed by atoms with Gasteiger partial charge in [-0.2, -0.15) is 13.2 Å². The number of carboxylic acid groups (broad SMARTS) is 1. The van der Waals surface area contributed by atoms with Crippen LogP contribution in [0.5, 0.6) is 0 Å². The van der Waals surface area contributed by atoms with Gasteiger partial charge >= 0.3 is 17.5 Å². The molecule has 0 aliphatic heterocycles. The van der Waals surface area contributed by atoms with Gasteiger partial charge in [0.15, 0.2) is 0 Å². The van der Waals surface area contributed by atoms with Crippen LogP contribution in [0.1, 0.15) is 25.7 Å². The maximum atomic E-state index is 11.9. The molecular formula is C12H19F3N2O3S. The Labute approximate surface area is 125 Å². The van der Waals surface area contributed by atoms with Crippen LogP contribution in [0.3, 0.4) is 0 Å². The minimum atomic E-state index is -4.30. The van der Waals surface area contributed by atoms with E-state index in [0.29, 0.717) is 6.42 Å². The van der Waals surface area contributed by atoms with E-state index < -0.39 is 23.4 Å². The topological polar surface area (TPSA) is 78.4 Å². The Bertz CT molecular complexity index is 366. The van der Waals surface area contributed by atoms with E-state index in [2.05, 4.69) is 10.6 Å². The lowest BCUT2D eigenvalue weighted by atomic mass is 9.79. The molecule has 0 aromatic rings. The molecule has 5 nitrogen and oxygen atoms in total. The maximum Gasteiger partial charge on any atom is 0.441 e. The largest absolute Gasteiger partial charge is 0.481 e. The summed E-state index contributed by atoms with van der Waals surface area (Å²) in [6.07, 6.45) is 3.14. The van der Waals surface area contributed by atoms with Crippen molar-refractivity contribution < 1.29 is 27.9 Å². The average molecular weight is 328 g/mol. The van der Waals surface area contributed by atoms with E-state index in [-0.39, 0.29) is 36.5 Å². The standard InChI is InChI=1S/C12H19F3N2O3S/c13-12(14,15)21-6-5-16-11(20)17-7-8-3-1-2-4-9(8)10(18)19/h8-9H,1-7H2,(H,18,19)(H2,16,17,20). The Morgan fingerprint density at radius 1 is 1.19 bits per heavy atom. The van der Waals surface area contributed by atoms with Crippen molar-refractivity contribution in [1.82, 2.24) is 10.6 Å². The van der Waals surface area contributed by atoms with Crippen molar-refractivity contribution in [1.29, 1.82) is 0 Å². The number of alkyl halides is 3. The third-order valence-corrected chi connectivity index (χ3v) is 4.14. The predicted octanol–water partition coefficient (Wildman–Crippen LogP) is 2.43. The molecule has 0 heterocycles. The maximum absolute atomic E-state index is 11.9. The molecule has 0 spiro atoms. The van der Waals surface area contributed by atoms with Gasteiger partial charge < -0.3 is 15.7 Å². The summed E-state index contributed by atoms with van der Waals surface area (Å²) in [6, 6.07) is -0.563. The molecule has 0 aromatic heterocycles. The quantitative estimate of drug-likeness (QED) is 0.654. The fourth-order valence-electron chi connectivity index (χ4n) is 2.39. The molecule has 0 bridgehead atoms. The van der Waals surface area contributed by atoms with Gasteiger partial charge in [0, 0.05) is 18.8 Å². The number of carbonyl (C=O) groups excluding carboxylic acids is 1. The minimum Gasteiger partial charge on any atom is -0.481 e. The summed E-state index contributed by atoms with van der Waals surface area (Å²) in [5, 5.41) is 13.9. The monoisotopic (exact) mass is 328 g/mol. The highest BCUT2D eigenvalue weighted by molar-refractivity contribution is 8.00. The number of halogens is 3. The van der Waals surface area contributed by atoms with Crippen molar-refractivity contribution in [3.63, 3.8) is 0 Å². The van der Waals surface area contributed by atoms with Gasteiger partial charge in [0.1, 0.15) is 0 Å². The van der Waals surface area contributed by atoms with Crippen molar-refractivity contribution >= 4 is 23.8 Å². The van der Waals surface area contributed by atoms with Gasteiger partial charge in [0.2, 0.25) is 0 Å². The molecule has 0 aromatic carbocycles. The van der Waals surface area contributed by atoms with Crippen LogP contribution in [-0.2, 0) is 4.79 Å². The number of amides is 2. The number of urea groups is 1. The molecule has 1 rings (SSSR count). The molecule has 0 saturated heterocycles.